The van der Waals surface area contributed by atoms with E-state index in [4.69, 9.17) is 0 Å². The van der Waals surface area contributed by atoms with Gasteiger partial charge in [-0.2, -0.15) is 0 Å². The van der Waals surface area contributed by atoms with Crippen LogP contribution in [-0.2, 0) is 14.4 Å². The van der Waals surface area contributed by atoms with Gasteiger partial charge in [0, 0.05) is 29.6 Å². The van der Waals surface area contributed by atoms with E-state index in [9.17, 15) is 28.5 Å². The normalized spacial score (nSPS) is 10.4. The molecule has 0 fully saturated rings. The zero-order valence-corrected chi connectivity index (χ0v) is 13.5. The molecule has 140 valence electrons. The Bertz CT molecular complexity index is 904. The van der Waals surface area contributed by atoms with Gasteiger partial charge in [-0.05, 0) is 18.2 Å². The van der Waals surface area contributed by atoms with Gasteiger partial charge in [-0.25, -0.2) is 8.78 Å². The minimum Gasteiger partial charge on any atom is -0.385 e. The lowest BCUT2D eigenvalue weighted by molar-refractivity contribution is -0.384. The zero-order valence-electron chi connectivity index (χ0n) is 13.5. The second-order valence-electron chi connectivity index (χ2n) is 4.98. The first-order chi connectivity index (χ1) is 12.8. The minimum atomic E-state index is -1.12. The van der Waals surface area contributed by atoms with E-state index in [-0.39, 0.29) is 17.1 Å². The summed E-state index contributed by atoms with van der Waals surface area (Å²) in [5.74, 6) is -3.62. The number of rotatable bonds is 7. The summed E-state index contributed by atoms with van der Waals surface area (Å²) in [6.45, 7) is -0.584. The van der Waals surface area contributed by atoms with Gasteiger partial charge in [0.05, 0.1) is 4.92 Å². The van der Waals surface area contributed by atoms with Crippen LogP contribution in [-0.4, -0.2) is 29.6 Å². The van der Waals surface area contributed by atoms with Crippen LogP contribution in [0.5, 0.6) is 0 Å². The number of halogens is 2. The number of non-ortho nitro benzene ring substituents is 1. The third-order valence-electron chi connectivity index (χ3n) is 2.97. The third kappa shape index (κ3) is 6.16. The molecule has 0 aromatic heterocycles. The van der Waals surface area contributed by atoms with E-state index in [2.05, 4.69) is 20.6 Å². The van der Waals surface area contributed by atoms with E-state index in [1.807, 2.05) is 0 Å². The number of hydrogen-bond acceptors (Lipinski definition) is 6. The van der Waals surface area contributed by atoms with E-state index >= 15 is 0 Å². The summed E-state index contributed by atoms with van der Waals surface area (Å²) >= 11 is 0. The molecule has 9 nitrogen and oxygen atoms in total. The number of oxime groups is 1. The summed E-state index contributed by atoms with van der Waals surface area (Å²) in [5.41, 5.74) is 0.00140. The van der Waals surface area contributed by atoms with Crippen molar-refractivity contribution in [1.82, 2.24) is 0 Å². The van der Waals surface area contributed by atoms with Gasteiger partial charge in [0.25, 0.3) is 17.5 Å². The zero-order chi connectivity index (χ0) is 19.8. The summed E-state index contributed by atoms with van der Waals surface area (Å²) in [6.07, 6.45) is 0.726. The van der Waals surface area contributed by atoms with Crippen molar-refractivity contribution in [3.63, 3.8) is 0 Å². The molecule has 0 saturated carbocycles. The summed E-state index contributed by atoms with van der Waals surface area (Å²) in [6, 6.07) is 8.05. The maximum atomic E-state index is 13.0. The van der Waals surface area contributed by atoms with Crippen molar-refractivity contribution in [3.05, 3.63) is 64.2 Å². The molecular weight excluding hydrogens is 366 g/mol. The van der Waals surface area contributed by atoms with Crippen LogP contribution < -0.4 is 10.6 Å². The summed E-state index contributed by atoms with van der Waals surface area (Å²) in [7, 11) is 0. The summed E-state index contributed by atoms with van der Waals surface area (Å²) < 4.78 is 25.8. The van der Waals surface area contributed by atoms with Gasteiger partial charge in [-0.15, -0.1) is 0 Å². The second kappa shape index (κ2) is 8.99. The Hall–Kier alpha value is -3.89. The number of benzene rings is 2. The minimum absolute atomic E-state index is 0.0231. The Kier molecular flexibility index (Phi) is 6.47. The van der Waals surface area contributed by atoms with E-state index in [0.717, 1.165) is 30.5 Å². The third-order valence-corrected chi connectivity index (χ3v) is 2.97. The van der Waals surface area contributed by atoms with Crippen molar-refractivity contribution >= 4 is 35.1 Å². The fourth-order valence-corrected chi connectivity index (χ4v) is 1.82. The number of nitro benzene ring substituents is 1. The van der Waals surface area contributed by atoms with Gasteiger partial charge in [-0.1, -0.05) is 11.2 Å². The van der Waals surface area contributed by atoms with E-state index in [0.29, 0.717) is 0 Å². The van der Waals surface area contributed by atoms with E-state index in [1.54, 1.807) is 0 Å². The number of anilines is 2. The molecule has 2 amide bonds. The number of nitrogens with zero attached hydrogens (tertiary/aromatic N) is 2. The Morgan fingerprint density at radius 2 is 1.85 bits per heavy atom. The first kappa shape index (κ1) is 19.4. The molecule has 27 heavy (non-hydrogen) atoms. The van der Waals surface area contributed by atoms with Crippen LogP contribution in [0.15, 0.2) is 47.6 Å². The van der Waals surface area contributed by atoms with Crippen molar-refractivity contribution in [2.45, 2.75) is 0 Å². The van der Waals surface area contributed by atoms with Crippen LogP contribution in [0.4, 0.5) is 25.8 Å². The summed E-state index contributed by atoms with van der Waals surface area (Å²) in [5, 5.41) is 18.5. The Labute approximate surface area is 150 Å². The molecule has 0 aliphatic carbocycles. The lowest BCUT2D eigenvalue weighted by Gasteiger charge is -2.04. The quantitative estimate of drug-likeness (QED) is 0.435. The molecule has 0 heterocycles. The standard InChI is InChI=1S/C16H12F2N4O5/c17-13-5-4-11(7-14(13)18)21-16(24)9-27-19-8-15(23)20-10-2-1-3-12(6-10)22(25)26/h1-8H,9H2,(H,20,23)(H,21,24)/b19-8-. The molecule has 11 heteroatoms. The predicted octanol–water partition coefficient (Wildman–Crippen LogP) is 2.45. The molecule has 0 saturated heterocycles. The first-order valence-electron chi connectivity index (χ1n) is 7.31. The van der Waals surface area contributed by atoms with E-state index < -0.39 is 35.0 Å². The van der Waals surface area contributed by atoms with Crippen molar-refractivity contribution in [2.75, 3.05) is 17.2 Å². The van der Waals surface area contributed by atoms with Crippen LogP contribution >= 0.6 is 0 Å². The number of nitrogens with one attached hydrogen (secondary N) is 2. The Balaban J connectivity index is 1.78. The first-order valence-corrected chi connectivity index (χ1v) is 7.31. The summed E-state index contributed by atoms with van der Waals surface area (Å²) in [4.78, 5) is 37.8. The average molecular weight is 378 g/mol. The molecule has 0 atom stereocenters. The SMILES string of the molecule is O=C(/C=N\OCC(=O)Nc1ccc(F)c(F)c1)Nc1cccc([N+](=O)[O-])c1. The molecule has 0 unspecified atom stereocenters. The van der Waals surface area contributed by atoms with Gasteiger partial charge in [0.15, 0.2) is 18.2 Å². The van der Waals surface area contributed by atoms with Crippen LogP contribution in [0.25, 0.3) is 0 Å². The average Bonchev–Trinajstić information content (AvgIpc) is 2.62. The Morgan fingerprint density at radius 3 is 2.56 bits per heavy atom. The van der Waals surface area contributed by atoms with Crippen LogP contribution in [0.1, 0.15) is 0 Å². The van der Waals surface area contributed by atoms with Gasteiger partial charge in [-0.3, -0.25) is 19.7 Å². The monoisotopic (exact) mass is 378 g/mol. The molecule has 0 spiro atoms. The smallest absolute Gasteiger partial charge is 0.271 e. The maximum absolute atomic E-state index is 13.0. The largest absolute Gasteiger partial charge is 0.385 e. The molecule has 2 aromatic carbocycles. The maximum Gasteiger partial charge on any atom is 0.271 e. The number of carbonyl (C=O) groups excluding carboxylic acids is 2. The molecule has 0 aliphatic rings. The van der Waals surface area contributed by atoms with Crippen LogP contribution in [0, 0.1) is 21.7 Å². The molecule has 0 radical (unpaired) electrons. The fraction of sp³-hybridized carbons (Fsp3) is 0.0625. The lowest BCUT2D eigenvalue weighted by Crippen LogP contribution is -2.18. The van der Waals surface area contributed by atoms with E-state index in [1.165, 1.54) is 18.2 Å². The highest BCUT2D eigenvalue weighted by Gasteiger charge is 2.08. The molecule has 2 aromatic rings. The molecular formula is C16H12F2N4O5. The highest BCUT2D eigenvalue weighted by molar-refractivity contribution is 6.31. The van der Waals surface area contributed by atoms with Gasteiger partial charge < -0.3 is 15.5 Å². The highest BCUT2D eigenvalue weighted by atomic mass is 19.2. The van der Waals surface area contributed by atoms with Gasteiger partial charge >= 0.3 is 0 Å². The topological polar surface area (TPSA) is 123 Å². The number of hydrogen-bond donors (Lipinski definition) is 2. The second-order valence-corrected chi connectivity index (χ2v) is 4.98. The van der Waals surface area contributed by atoms with Crippen molar-refractivity contribution < 1.29 is 28.1 Å². The molecule has 0 bridgehead atoms. The molecule has 2 rings (SSSR count). The van der Waals surface area contributed by atoms with Crippen LogP contribution in [0.2, 0.25) is 0 Å². The van der Waals surface area contributed by atoms with Crippen molar-refractivity contribution in [1.29, 1.82) is 0 Å². The van der Waals surface area contributed by atoms with Crippen molar-refractivity contribution in [3.8, 4) is 0 Å². The number of nitro groups is 1. The highest BCUT2D eigenvalue weighted by Crippen LogP contribution is 2.16. The molecule has 2 N–H and O–H groups in total. The van der Waals surface area contributed by atoms with Crippen molar-refractivity contribution in [2.24, 2.45) is 5.16 Å². The number of carbonyl (C=O) groups is 2. The lowest BCUT2D eigenvalue weighted by atomic mass is 10.3. The number of amides is 2. The molecule has 0 aliphatic heterocycles. The predicted molar refractivity (Wildman–Crippen MR) is 91.2 cm³/mol. The fourth-order valence-electron chi connectivity index (χ4n) is 1.82. The van der Waals surface area contributed by atoms with Gasteiger partial charge in [0.1, 0.15) is 6.21 Å². The van der Waals surface area contributed by atoms with Gasteiger partial charge in [0.2, 0.25) is 0 Å². The van der Waals surface area contributed by atoms with Crippen LogP contribution in [0.3, 0.4) is 0 Å². The Morgan fingerprint density at radius 1 is 1.11 bits per heavy atom.